The van der Waals surface area contributed by atoms with Gasteiger partial charge in [-0.2, -0.15) is 0 Å². The number of nitrogens with zero attached hydrogens (tertiary/aromatic N) is 4. The number of pyridine rings is 1. The number of carbonyl (C=O) groups is 1. The van der Waals surface area contributed by atoms with E-state index in [0.29, 0.717) is 10.7 Å². The Labute approximate surface area is 168 Å². The maximum Gasteiger partial charge on any atom is 0.324 e. The topological polar surface area (TPSA) is 89.1 Å². The summed E-state index contributed by atoms with van der Waals surface area (Å²) in [6.07, 6.45) is 3.13. The van der Waals surface area contributed by atoms with Crippen molar-refractivity contribution in [2.75, 3.05) is 0 Å². The van der Waals surface area contributed by atoms with Crippen LogP contribution in [0.15, 0.2) is 28.5 Å². The lowest BCUT2D eigenvalue weighted by atomic mass is 10.0. The lowest BCUT2D eigenvalue weighted by molar-refractivity contribution is -0.150. The molecule has 3 heterocycles. The lowest BCUT2D eigenvalue weighted by Crippen LogP contribution is -2.41. The van der Waals surface area contributed by atoms with Crippen molar-refractivity contribution in [1.29, 1.82) is 0 Å². The van der Waals surface area contributed by atoms with Crippen LogP contribution in [0.5, 0.6) is 0 Å². The first-order chi connectivity index (χ1) is 13.2. The molecule has 0 saturated carbocycles. The molecule has 0 radical (unpaired) electrons. The number of aromatic nitrogens is 2. The molecule has 2 aromatic heterocycles. The summed E-state index contributed by atoms with van der Waals surface area (Å²) in [7, 11) is 0. The van der Waals surface area contributed by atoms with Crippen LogP contribution in [0.1, 0.15) is 58.8 Å². The lowest BCUT2D eigenvalue weighted by Gasteiger charge is -2.25. The molecule has 7 nitrogen and oxygen atoms in total. The van der Waals surface area contributed by atoms with Gasteiger partial charge in [0.1, 0.15) is 9.79 Å². The number of hydrogen-bond acceptors (Lipinski definition) is 7. The van der Waals surface area contributed by atoms with Crippen molar-refractivity contribution in [1.82, 2.24) is 9.55 Å². The van der Waals surface area contributed by atoms with Crippen molar-refractivity contribution in [3.8, 4) is 0 Å². The van der Waals surface area contributed by atoms with Gasteiger partial charge in [0.25, 0.3) is 0 Å². The summed E-state index contributed by atoms with van der Waals surface area (Å²) in [5.41, 5.74) is 3.11. The van der Waals surface area contributed by atoms with E-state index < -0.39 is 4.75 Å². The molecule has 8 heteroatoms. The van der Waals surface area contributed by atoms with Crippen molar-refractivity contribution < 1.29 is 14.7 Å². The third-order valence-electron chi connectivity index (χ3n) is 4.84. The number of ether oxygens (including phenoxy) is 1. The Balaban J connectivity index is 2.00. The van der Waals surface area contributed by atoms with Gasteiger partial charge in [0.05, 0.1) is 35.1 Å². The normalized spacial score (nSPS) is 22.6. The van der Waals surface area contributed by atoms with Gasteiger partial charge < -0.3 is 14.5 Å². The Morgan fingerprint density at radius 3 is 2.71 bits per heavy atom. The Hall–Kier alpha value is -2.35. The average Bonchev–Trinajstić information content (AvgIpc) is 3.13. The molecule has 0 saturated heterocycles. The maximum atomic E-state index is 12.6. The number of thioether (sulfide) groups is 1. The van der Waals surface area contributed by atoms with Crippen LogP contribution in [0.25, 0.3) is 11.0 Å². The second-order valence-electron chi connectivity index (χ2n) is 7.67. The smallest absolute Gasteiger partial charge is 0.324 e. The van der Waals surface area contributed by atoms with Gasteiger partial charge in [-0.25, -0.2) is 4.98 Å². The second-order valence-corrected chi connectivity index (χ2v) is 9.11. The molecule has 1 aliphatic heterocycles. The summed E-state index contributed by atoms with van der Waals surface area (Å²) in [6, 6.07) is 3.92. The molecule has 28 heavy (non-hydrogen) atoms. The number of esters is 1. The maximum absolute atomic E-state index is 12.6. The minimum atomic E-state index is -0.782. The SMILES string of the molecule is CC(C)OC(=O)C1(C)SC(c2ccc3c(n2)c(/C=N/O)cn3C(C)C)=NC1C. The van der Waals surface area contributed by atoms with E-state index in [4.69, 9.17) is 19.9 Å². The number of hydrogen-bond donors (Lipinski definition) is 1. The minimum Gasteiger partial charge on any atom is -0.462 e. The molecule has 0 aromatic carbocycles. The molecule has 150 valence electrons. The third kappa shape index (κ3) is 3.53. The van der Waals surface area contributed by atoms with E-state index >= 15 is 0 Å². The van der Waals surface area contributed by atoms with Crippen LogP contribution in [-0.4, -0.2) is 48.9 Å². The van der Waals surface area contributed by atoms with E-state index in [2.05, 4.69) is 23.6 Å². The first-order valence-corrected chi connectivity index (χ1v) is 10.2. The van der Waals surface area contributed by atoms with Gasteiger partial charge in [-0.05, 0) is 53.7 Å². The molecule has 0 bridgehead atoms. The van der Waals surface area contributed by atoms with E-state index in [9.17, 15) is 4.79 Å². The Bertz CT molecular complexity index is 964. The fourth-order valence-electron chi connectivity index (χ4n) is 3.13. The van der Waals surface area contributed by atoms with Crippen molar-refractivity contribution in [3.05, 3.63) is 29.6 Å². The molecular formula is C20H26N4O3S. The van der Waals surface area contributed by atoms with Crippen molar-refractivity contribution in [2.45, 2.75) is 64.5 Å². The molecule has 1 aliphatic rings. The van der Waals surface area contributed by atoms with Gasteiger partial charge in [-0.3, -0.25) is 9.79 Å². The third-order valence-corrected chi connectivity index (χ3v) is 6.28. The number of fused-ring (bicyclic) bond motifs is 1. The molecule has 1 N–H and O–H groups in total. The van der Waals surface area contributed by atoms with E-state index in [1.807, 2.05) is 46.0 Å². The van der Waals surface area contributed by atoms with Gasteiger partial charge in [0, 0.05) is 17.8 Å². The van der Waals surface area contributed by atoms with Crippen LogP contribution in [0, 0.1) is 0 Å². The van der Waals surface area contributed by atoms with Crippen molar-refractivity contribution in [3.63, 3.8) is 0 Å². The molecule has 2 aromatic rings. The highest BCUT2D eigenvalue weighted by molar-refractivity contribution is 8.16. The number of rotatable bonds is 5. The zero-order valence-electron chi connectivity index (χ0n) is 17.0. The van der Waals surface area contributed by atoms with Crippen LogP contribution in [0.4, 0.5) is 0 Å². The fourth-order valence-corrected chi connectivity index (χ4v) is 4.31. The standard InChI is InChI=1S/C20H26N4O3S/c1-11(2)24-10-14(9-21-26)17-16(24)8-7-15(23-17)18-22-13(5)20(6,28-18)19(25)27-12(3)4/h7-13,26H,1-6H3/b21-9+. The fraction of sp³-hybridized carbons (Fsp3) is 0.500. The molecule has 0 amide bonds. The second kappa shape index (κ2) is 7.58. The van der Waals surface area contributed by atoms with Crippen LogP contribution in [0.3, 0.4) is 0 Å². The molecule has 2 unspecified atom stereocenters. The first kappa shape index (κ1) is 20.4. The summed E-state index contributed by atoms with van der Waals surface area (Å²) >= 11 is 1.39. The highest BCUT2D eigenvalue weighted by Gasteiger charge is 2.47. The highest BCUT2D eigenvalue weighted by atomic mass is 32.2. The monoisotopic (exact) mass is 402 g/mol. The predicted molar refractivity (Wildman–Crippen MR) is 113 cm³/mol. The van der Waals surface area contributed by atoms with Crippen LogP contribution < -0.4 is 0 Å². The minimum absolute atomic E-state index is 0.174. The predicted octanol–water partition coefficient (Wildman–Crippen LogP) is 4.02. The zero-order valence-corrected chi connectivity index (χ0v) is 17.8. The van der Waals surface area contributed by atoms with Gasteiger partial charge in [0.2, 0.25) is 0 Å². The largest absolute Gasteiger partial charge is 0.462 e. The van der Waals surface area contributed by atoms with E-state index in [-0.39, 0.29) is 24.2 Å². The van der Waals surface area contributed by atoms with Gasteiger partial charge in [-0.15, -0.1) is 0 Å². The van der Waals surface area contributed by atoms with Crippen molar-refractivity contribution >= 4 is 40.0 Å². The molecule has 2 atom stereocenters. The summed E-state index contributed by atoms with van der Waals surface area (Å²) in [5, 5.41) is 12.9. The van der Waals surface area contributed by atoms with Gasteiger partial charge in [-0.1, -0.05) is 16.9 Å². The van der Waals surface area contributed by atoms with Crippen molar-refractivity contribution in [2.24, 2.45) is 10.1 Å². The van der Waals surface area contributed by atoms with Crippen LogP contribution in [-0.2, 0) is 9.53 Å². The molecule has 0 aliphatic carbocycles. The van der Waals surface area contributed by atoms with Gasteiger partial charge in [0.15, 0.2) is 0 Å². The van der Waals surface area contributed by atoms with E-state index in [1.165, 1.54) is 18.0 Å². The molecular weight excluding hydrogens is 376 g/mol. The Morgan fingerprint density at radius 1 is 1.39 bits per heavy atom. The first-order valence-electron chi connectivity index (χ1n) is 9.34. The average molecular weight is 403 g/mol. The van der Waals surface area contributed by atoms with E-state index in [1.54, 1.807) is 0 Å². The van der Waals surface area contributed by atoms with Crippen LogP contribution in [0.2, 0.25) is 0 Å². The zero-order chi connectivity index (χ0) is 20.6. The number of oxime groups is 1. The van der Waals surface area contributed by atoms with Crippen LogP contribution >= 0.6 is 11.8 Å². The van der Waals surface area contributed by atoms with E-state index in [0.717, 1.165) is 16.6 Å². The summed E-state index contributed by atoms with van der Waals surface area (Å²) in [4.78, 5) is 22.1. The van der Waals surface area contributed by atoms with Gasteiger partial charge >= 0.3 is 5.97 Å². The number of carbonyl (C=O) groups excluding carboxylic acids is 1. The number of aliphatic imine (C=N–C) groups is 1. The summed E-state index contributed by atoms with van der Waals surface area (Å²) in [6.45, 7) is 11.6. The highest BCUT2D eigenvalue weighted by Crippen LogP contribution is 2.41. The molecule has 0 spiro atoms. The summed E-state index contributed by atoms with van der Waals surface area (Å²) < 4.78 is 6.74. The Kier molecular flexibility index (Phi) is 5.52. The Morgan fingerprint density at radius 2 is 2.11 bits per heavy atom. The quantitative estimate of drug-likeness (QED) is 0.353. The molecule has 0 fully saturated rings. The molecule has 3 rings (SSSR count). The summed E-state index contributed by atoms with van der Waals surface area (Å²) in [5.74, 6) is -0.265.